The normalized spacial score (nSPS) is 19.4. The molecule has 0 bridgehead atoms. The van der Waals surface area contributed by atoms with Gasteiger partial charge in [-0.15, -0.1) is 0 Å². The number of benzene rings is 1. The number of rotatable bonds is 2. The van der Waals surface area contributed by atoms with Gasteiger partial charge in [0.05, 0.1) is 21.8 Å². The summed E-state index contributed by atoms with van der Waals surface area (Å²) in [5.74, 6) is -0.727. The lowest BCUT2D eigenvalue weighted by molar-refractivity contribution is -0.117. The fourth-order valence-electron chi connectivity index (χ4n) is 1.78. The van der Waals surface area contributed by atoms with Crippen LogP contribution in [0.25, 0.3) is 0 Å². The summed E-state index contributed by atoms with van der Waals surface area (Å²) in [4.78, 5) is 11.8. The molecule has 1 atom stereocenters. The van der Waals surface area contributed by atoms with Crippen LogP contribution in [-0.2, 0) is 4.79 Å². The number of carbonyl (C=O) groups excluding carboxylic acids is 1. The van der Waals surface area contributed by atoms with Crippen LogP contribution in [0.3, 0.4) is 0 Å². The van der Waals surface area contributed by atoms with Crippen LogP contribution < -0.4 is 10.6 Å². The van der Waals surface area contributed by atoms with Crippen LogP contribution >= 0.6 is 23.2 Å². The second-order valence-corrected chi connectivity index (χ2v) is 4.70. The number of nitrogens with one attached hydrogen (secondary N) is 2. The van der Waals surface area contributed by atoms with Crippen LogP contribution in [0.4, 0.5) is 10.1 Å². The molecule has 2 rings (SSSR count). The second kappa shape index (κ2) is 5.21. The summed E-state index contributed by atoms with van der Waals surface area (Å²) in [6.07, 6.45) is 1.74. The minimum atomic E-state index is -0.531. The molecule has 1 aliphatic rings. The molecule has 1 fully saturated rings. The lowest BCUT2D eigenvalue weighted by Crippen LogP contribution is -2.35. The molecular weight excluding hydrogens is 266 g/mol. The Morgan fingerprint density at radius 3 is 2.59 bits per heavy atom. The Kier molecular flexibility index (Phi) is 3.86. The first-order chi connectivity index (χ1) is 8.08. The molecule has 1 heterocycles. The summed E-state index contributed by atoms with van der Waals surface area (Å²) >= 11 is 11.7. The molecule has 0 aromatic heterocycles. The molecule has 6 heteroatoms. The minimum absolute atomic E-state index is 0.0985. The van der Waals surface area contributed by atoms with E-state index >= 15 is 0 Å². The van der Waals surface area contributed by atoms with E-state index in [1.54, 1.807) is 0 Å². The predicted octanol–water partition coefficient (Wildman–Crippen LogP) is 2.82. The molecule has 1 saturated heterocycles. The Morgan fingerprint density at radius 1 is 1.41 bits per heavy atom. The molecular formula is C11H11Cl2FN2O. The molecule has 0 unspecified atom stereocenters. The maximum Gasteiger partial charge on any atom is 0.241 e. The first kappa shape index (κ1) is 12.6. The van der Waals surface area contributed by atoms with E-state index in [-0.39, 0.29) is 27.7 Å². The molecule has 1 aromatic carbocycles. The molecule has 0 saturated carbocycles. The third-order valence-electron chi connectivity index (χ3n) is 2.63. The quantitative estimate of drug-likeness (QED) is 0.872. The van der Waals surface area contributed by atoms with Crippen LogP contribution in [0.15, 0.2) is 12.1 Å². The number of amides is 1. The van der Waals surface area contributed by atoms with Crippen LogP contribution in [0, 0.1) is 5.82 Å². The number of hydrogen-bond donors (Lipinski definition) is 2. The van der Waals surface area contributed by atoms with Gasteiger partial charge in [0.1, 0.15) is 5.82 Å². The van der Waals surface area contributed by atoms with Crippen molar-refractivity contribution in [2.75, 3.05) is 11.9 Å². The van der Waals surface area contributed by atoms with E-state index < -0.39 is 5.82 Å². The Hall–Kier alpha value is -0.840. The van der Waals surface area contributed by atoms with E-state index in [4.69, 9.17) is 23.2 Å². The predicted molar refractivity (Wildman–Crippen MR) is 66.1 cm³/mol. The summed E-state index contributed by atoms with van der Waals surface area (Å²) in [5, 5.41) is 5.87. The standard InChI is InChI=1S/C11H11Cl2FN2O/c12-7-4-6(14)5-8(13)10(7)16-11(17)9-2-1-3-15-9/h4-5,9,15H,1-3H2,(H,16,17)/t9-/m1/s1. The SMILES string of the molecule is O=C(Nc1c(Cl)cc(F)cc1Cl)[C@H]1CCCN1. The Balaban J connectivity index is 2.15. The molecule has 17 heavy (non-hydrogen) atoms. The van der Waals surface area contributed by atoms with Gasteiger partial charge in [0.15, 0.2) is 0 Å². The van der Waals surface area contributed by atoms with Crippen LogP contribution in [0.2, 0.25) is 10.0 Å². The molecule has 3 nitrogen and oxygen atoms in total. The van der Waals surface area contributed by atoms with Crippen molar-refractivity contribution in [1.29, 1.82) is 0 Å². The van der Waals surface area contributed by atoms with Gasteiger partial charge in [-0.25, -0.2) is 4.39 Å². The van der Waals surface area contributed by atoms with Crippen molar-refractivity contribution in [3.63, 3.8) is 0 Å². The summed E-state index contributed by atoms with van der Waals surface area (Å²) in [6, 6.07) is 2.00. The Morgan fingerprint density at radius 2 is 2.06 bits per heavy atom. The average Bonchev–Trinajstić information content (AvgIpc) is 2.76. The Labute approximate surface area is 108 Å². The fourth-order valence-corrected chi connectivity index (χ4v) is 2.34. The largest absolute Gasteiger partial charge is 0.322 e. The molecule has 1 amide bonds. The van der Waals surface area contributed by atoms with Crippen molar-refractivity contribution in [2.45, 2.75) is 18.9 Å². The highest BCUT2D eigenvalue weighted by Crippen LogP contribution is 2.31. The summed E-state index contributed by atoms with van der Waals surface area (Å²) in [7, 11) is 0. The third-order valence-corrected chi connectivity index (χ3v) is 3.23. The molecule has 0 radical (unpaired) electrons. The molecule has 0 aliphatic carbocycles. The second-order valence-electron chi connectivity index (χ2n) is 3.88. The summed E-state index contributed by atoms with van der Waals surface area (Å²) in [6.45, 7) is 0.822. The van der Waals surface area contributed by atoms with Gasteiger partial charge < -0.3 is 10.6 Å². The van der Waals surface area contributed by atoms with E-state index in [1.165, 1.54) is 0 Å². The highest BCUT2D eigenvalue weighted by atomic mass is 35.5. The maximum atomic E-state index is 13.0. The van der Waals surface area contributed by atoms with Gasteiger partial charge in [-0.1, -0.05) is 23.2 Å². The van der Waals surface area contributed by atoms with Gasteiger partial charge in [-0.05, 0) is 31.5 Å². The van der Waals surface area contributed by atoms with Crippen LogP contribution in [0.5, 0.6) is 0 Å². The number of anilines is 1. The van der Waals surface area contributed by atoms with Crippen molar-refractivity contribution >= 4 is 34.8 Å². The minimum Gasteiger partial charge on any atom is -0.322 e. The van der Waals surface area contributed by atoms with Gasteiger partial charge in [0.25, 0.3) is 0 Å². The van der Waals surface area contributed by atoms with Gasteiger partial charge in [0.2, 0.25) is 5.91 Å². The molecule has 1 aliphatic heterocycles. The number of carbonyl (C=O) groups is 1. The van der Waals surface area contributed by atoms with E-state index in [9.17, 15) is 9.18 Å². The Bertz CT molecular complexity index is 424. The number of halogens is 3. The van der Waals surface area contributed by atoms with E-state index in [0.717, 1.165) is 31.5 Å². The van der Waals surface area contributed by atoms with Crippen molar-refractivity contribution in [3.8, 4) is 0 Å². The van der Waals surface area contributed by atoms with E-state index in [2.05, 4.69) is 10.6 Å². The highest BCUT2D eigenvalue weighted by Gasteiger charge is 2.23. The van der Waals surface area contributed by atoms with Crippen LogP contribution in [-0.4, -0.2) is 18.5 Å². The van der Waals surface area contributed by atoms with Crippen molar-refractivity contribution in [1.82, 2.24) is 5.32 Å². The molecule has 2 N–H and O–H groups in total. The van der Waals surface area contributed by atoms with Gasteiger partial charge in [-0.3, -0.25) is 4.79 Å². The molecule has 92 valence electrons. The molecule has 1 aromatic rings. The first-order valence-corrected chi connectivity index (χ1v) is 6.02. The lowest BCUT2D eigenvalue weighted by atomic mass is 10.2. The summed E-state index contributed by atoms with van der Waals surface area (Å²) < 4.78 is 13.0. The van der Waals surface area contributed by atoms with Crippen molar-refractivity contribution < 1.29 is 9.18 Å². The number of hydrogen-bond acceptors (Lipinski definition) is 2. The highest BCUT2D eigenvalue weighted by molar-refractivity contribution is 6.39. The fraction of sp³-hybridized carbons (Fsp3) is 0.364. The van der Waals surface area contributed by atoms with Gasteiger partial charge in [0, 0.05) is 0 Å². The summed E-state index contributed by atoms with van der Waals surface area (Å²) in [5.41, 5.74) is 0.258. The zero-order valence-electron chi connectivity index (χ0n) is 8.90. The van der Waals surface area contributed by atoms with Crippen molar-refractivity contribution in [2.24, 2.45) is 0 Å². The topological polar surface area (TPSA) is 41.1 Å². The average molecular weight is 277 g/mol. The smallest absolute Gasteiger partial charge is 0.241 e. The van der Waals surface area contributed by atoms with Crippen LogP contribution in [0.1, 0.15) is 12.8 Å². The zero-order valence-corrected chi connectivity index (χ0v) is 10.4. The van der Waals surface area contributed by atoms with E-state index in [0.29, 0.717) is 0 Å². The lowest BCUT2D eigenvalue weighted by Gasteiger charge is -2.13. The van der Waals surface area contributed by atoms with Gasteiger partial charge >= 0.3 is 0 Å². The van der Waals surface area contributed by atoms with E-state index in [1.807, 2.05) is 0 Å². The monoisotopic (exact) mass is 276 g/mol. The third kappa shape index (κ3) is 2.89. The maximum absolute atomic E-state index is 13.0. The first-order valence-electron chi connectivity index (χ1n) is 5.26. The van der Waals surface area contributed by atoms with Crippen molar-refractivity contribution in [3.05, 3.63) is 28.0 Å². The van der Waals surface area contributed by atoms with Gasteiger partial charge in [-0.2, -0.15) is 0 Å². The zero-order chi connectivity index (χ0) is 12.4. The molecule has 0 spiro atoms.